The highest BCUT2D eigenvalue weighted by Crippen LogP contribution is 2.31. The molecule has 28 heavy (non-hydrogen) atoms. The number of hydrogen-bond acceptors (Lipinski definition) is 5. The summed E-state index contributed by atoms with van der Waals surface area (Å²) in [5.74, 6) is -0.509. The molecule has 1 amide bonds. The minimum Gasteiger partial charge on any atom is -0.379 e. The molecule has 2 aromatic rings. The average molecular weight is 444 g/mol. The Morgan fingerprint density at radius 3 is 2.64 bits per heavy atom. The number of carbonyl (C=O) groups is 1. The normalized spacial score (nSPS) is 15.4. The zero-order chi connectivity index (χ0) is 20.3. The van der Waals surface area contributed by atoms with Crippen molar-refractivity contribution in [3.63, 3.8) is 0 Å². The van der Waals surface area contributed by atoms with E-state index in [-0.39, 0.29) is 40.1 Å². The van der Waals surface area contributed by atoms with Crippen LogP contribution in [-0.4, -0.2) is 49.9 Å². The van der Waals surface area contributed by atoms with Crippen molar-refractivity contribution in [1.29, 1.82) is 0 Å². The predicted octanol–water partition coefficient (Wildman–Crippen LogP) is 2.65. The Labute approximate surface area is 173 Å². The van der Waals surface area contributed by atoms with E-state index in [0.29, 0.717) is 18.9 Å². The van der Waals surface area contributed by atoms with Crippen LogP contribution < -0.4 is 5.32 Å². The maximum absolute atomic E-state index is 12.9. The van der Waals surface area contributed by atoms with Gasteiger partial charge < -0.3 is 10.1 Å². The summed E-state index contributed by atoms with van der Waals surface area (Å²) >= 11 is 12.3. The van der Waals surface area contributed by atoms with Gasteiger partial charge in [-0.15, -0.1) is 0 Å². The molecule has 3 rings (SSSR count). The first kappa shape index (κ1) is 21.0. The summed E-state index contributed by atoms with van der Waals surface area (Å²) in [6, 6.07) is 6.18. The SMILES string of the molecule is Cc1cccnc1CNC(=O)c1cc(S(=O)(=O)N2CCOCC2)c(Cl)cc1Cl. The van der Waals surface area contributed by atoms with Crippen molar-refractivity contribution in [2.24, 2.45) is 0 Å². The first-order valence-electron chi connectivity index (χ1n) is 8.56. The third kappa shape index (κ3) is 4.47. The van der Waals surface area contributed by atoms with E-state index in [1.54, 1.807) is 12.3 Å². The molecule has 1 aromatic carbocycles. The van der Waals surface area contributed by atoms with Gasteiger partial charge in [0.25, 0.3) is 5.91 Å². The third-order valence-electron chi connectivity index (χ3n) is 4.39. The van der Waals surface area contributed by atoms with Crippen LogP contribution in [0.25, 0.3) is 0 Å². The summed E-state index contributed by atoms with van der Waals surface area (Å²) in [5.41, 5.74) is 1.68. The Morgan fingerprint density at radius 1 is 1.25 bits per heavy atom. The summed E-state index contributed by atoms with van der Waals surface area (Å²) in [6.07, 6.45) is 1.64. The molecule has 0 atom stereocenters. The van der Waals surface area contributed by atoms with Crippen molar-refractivity contribution in [1.82, 2.24) is 14.6 Å². The second-order valence-corrected chi connectivity index (χ2v) is 8.95. The highest BCUT2D eigenvalue weighted by atomic mass is 35.5. The average Bonchev–Trinajstić information content (AvgIpc) is 2.67. The molecule has 1 saturated heterocycles. The van der Waals surface area contributed by atoms with Gasteiger partial charge in [0.15, 0.2) is 0 Å². The smallest absolute Gasteiger partial charge is 0.253 e. The monoisotopic (exact) mass is 443 g/mol. The van der Waals surface area contributed by atoms with Gasteiger partial charge in [-0.3, -0.25) is 9.78 Å². The molecule has 2 heterocycles. The Bertz CT molecular complexity index is 992. The highest BCUT2D eigenvalue weighted by Gasteiger charge is 2.30. The van der Waals surface area contributed by atoms with E-state index in [1.807, 2.05) is 13.0 Å². The van der Waals surface area contributed by atoms with Crippen LogP contribution in [0.5, 0.6) is 0 Å². The molecular weight excluding hydrogens is 425 g/mol. The first-order chi connectivity index (χ1) is 13.3. The molecule has 1 aromatic heterocycles. The number of pyridine rings is 1. The van der Waals surface area contributed by atoms with E-state index >= 15 is 0 Å². The van der Waals surface area contributed by atoms with Gasteiger partial charge in [-0.2, -0.15) is 4.31 Å². The molecule has 150 valence electrons. The van der Waals surface area contributed by atoms with E-state index in [0.717, 1.165) is 5.56 Å². The Kier molecular flexibility index (Phi) is 6.57. The minimum absolute atomic E-state index is 0.0337. The third-order valence-corrected chi connectivity index (χ3v) is 7.06. The number of amides is 1. The van der Waals surface area contributed by atoms with Crippen LogP contribution in [0.3, 0.4) is 0 Å². The van der Waals surface area contributed by atoms with Gasteiger partial charge in [0.1, 0.15) is 4.90 Å². The number of aromatic nitrogens is 1. The summed E-state index contributed by atoms with van der Waals surface area (Å²) in [6.45, 7) is 3.14. The van der Waals surface area contributed by atoms with E-state index in [2.05, 4.69) is 10.3 Å². The number of halogens is 2. The molecule has 0 bridgehead atoms. The number of sulfonamides is 1. The quantitative estimate of drug-likeness (QED) is 0.766. The van der Waals surface area contributed by atoms with Gasteiger partial charge in [-0.05, 0) is 30.7 Å². The van der Waals surface area contributed by atoms with Crippen molar-refractivity contribution < 1.29 is 17.9 Å². The Balaban J connectivity index is 1.86. The zero-order valence-electron chi connectivity index (χ0n) is 15.1. The van der Waals surface area contributed by atoms with Crippen molar-refractivity contribution >= 4 is 39.1 Å². The summed E-state index contributed by atoms with van der Waals surface area (Å²) in [4.78, 5) is 16.7. The number of rotatable bonds is 5. The molecule has 0 aliphatic carbocycles. The van der Waals surface area contributed by atoms with Crippen LogP contribution in [0.15, 0.2) is 35.4 Å². The number of hydrogen-bond donors (Lipinski definition) is 1. The van der Waals surface area contributed by atoms with E-state index in [1.165, 1.54) is 16.4 Å². The van der Waals surface area contributed by atoms with Crippen molar-refractivity contribution in [2.45, 2.75) is 18.4 Å². The molecular formula is C18H19Cl2N3O4S. The molecule has 0 radical (unpaired) electrons. The lowest BCUT2D eigenvalue weighted by molar-refractivity contribution is 0.0730. The van der Waals surface area contributed by atoms with Crippen LogP contribution in [0.2, 0.25) is 10.0 Å². The largest absolute Gasteiger partial charge is 0.379 e. The molecule has 0 spiro atoms. The molecule has 1 N–H and O–H groups in total. The Hall–Kier alpha value is -1.71. The maximum Gasteiger partial charge on any atom is 0.253 e. The summed E-state index contributed by atoms with van der Waals surface area (Å²) < 4.78 is 32.3. The molecule has 7 nitrogen and oxygen atoms in total. The number of nitrogens with zero attached hydrogens (tertiary/aromatic N) is 2. The van der Waals surface area contributed by atoms with Crippen LogP contribution in [-0.2, 0) is 21.3 Å². The van der Waals surface area contributed by atoms with Gasteiger partial charge in [0.2, 0.25) is 10.0 Å². The number of nitrogens with one attached hydrogen (secondary N) is 1. The zero-order valence-corrected chi connectivity index (χ0v) is 17.4. The maximum atomic E-state index is 12.9. The van der Waals surface area contributed by atoms with E-state index < -0.39 is 15.9 Å². The fourth-order valence-corrected chi connectivity index (χ4v) is 5.03. The van der Waals surface area contributed by atoms with Gasteiger partial charge >= 0.3 is 0 Å². The van der Waals surface area contributed by atoms with Crippen LogP contribution in [0, 0.1) is 6.92 Å². The fourth-order valence-electron chi connectivity index (χ4n) is 2.79. The molecule has 0 saturated carbocycles. The van der Waals surface area contributed by atoms with Crippen LogP contribution in [0.1, 0.15) is 21.6 Å². The van der Waals surface area contributed by atoms with Crippen LogP contribution >= 0.6 is 23.2 Å². The van der Waals surface area contributed by atoms with Gasteiger partial charge in [0, 0.05) is 19.3 Å². The number of ether oxygens (including phenoxy) is 1. The number of carbonyl (C=O) groups excluding carboxylic acids is 1. The van der Waals surface area contributed by atoms with E-state index in [4.69, 9.17) is 27.9 Å². The lowest BCUT2D eigenvalue weighted by atomic mass is 10.2. The lowest BCUT2D eigenvalue weighted by Crippen LogP contribution is -2.40. The van der Waals surface area contributed by atoms with Gasteiger partial charge in [-0.1, -0.05) is 29.3 Å². The summed E-state index contributed by atoms with van der Waals surface area (Å²) in [5, 5.41) is 2.75. The molecule has 1 aliphatic heterocycles. The standard InChI is InChI=1S/C18H19Cl2N3O4S/c1-12-3-2-4-21-16(12)11-22-18(24)13-9-17(15(20)10-14(13)19)28(25,26)23-5-7-27-8-6-23/h2-4,9-10H,5-8,11H2,1H3,(H,22,24). The summed E-state index contributed by atoms with van der Waals surface area (Å²) in [7, 11) is -3.87. The van der Waals surface area contributed by atoms with Crippen molar-refractivity contribution in [3.05, 3.63) is 57.3 Å². The van der Waals surface area contributed by atoms with Crippen molar-refractivity contribution in [2.75, 3.05) is 26.3 Å². The predicted molar refractivity (Wildman–Crippen MR) is 106 cm³/mol. The Morgan fingerprint density at radius 2 is 1.96 bits per heavy atom. The van der Waals surface area contributed by atoms with Gasteiger partial charge in [-0.25, -0.2) is 8.42 Å². The van der Waals surface area contributed by atoms with Crippen molar-refractivity contribution in [3.8, 4) is 0 Å². The topological polar surface area (TPSA) is 88.6 Å². The molecule has 10 heteroatoms. The van der Waals surface area contributed by atoms with Gasteiger partial charge in [0.05, 0.1) is 41.1 Å². The lowest BCUT2D eigenvalue weighted by Gasteiger charge is -2.26. The first-order valence-corrected chi connectivity index (χ1v) is 10.8. The second kappa shape index (κ2) is 8.75. The molecule has 1 fully saturated rings. The number of morpholine rings is 1. The number of aryl methyl sites for hydroxylation is 1. The number of benzene rings is 1. The molecule has 1 aliphatic rings. The van der Waals surface area contributed by atoms with Crippen LogP contribution in [0.4, 0.5) is 0 Å². The minimum atomic E-state index is -3.87. The second-order valence-electron chi connectivity index (χ2n) is 6.23. The highest BCUT2D eigenvalue weighted by molar-refractivity contribution is 7.89. The van der Waals surface area contributed by atoms with E-state index in [9.17, 15) is 13.2 Å². The molecule has 0 unspecified atom stereocenters. The fraction of sp³-hybridized carbons (Fsp3) is 0.333.